The molecule has 0 aliphatic carbocycles. The van der Waals surface area contributed by atoms with E-state index >= 15 is 0 Å². The van der Waals surface area contributed by atoms with Crippen LogP contribution in [0.3, 0.4) is 0 Å². The Hall–Kier alpha value is -9.58. The molecule has 5 heteroatoms. The Morgan fingerprint density at radius 3 is 1.84 bits per heavy atom. The van der Waals surface area contributed by atoms with Crippen molar-refractivity contribution in [3.05, 3.63) is 272 Å². The van der Waals surface area contributed by atoms with Gasteiger partial charge < -0.3 is 4.74 Å². The molecule has 0 unspecified atom stereocenters. The third kappa shape index (κ3) is 8.52. The van der Waals surface area contributed by atoms with Crippen molar-refractivity contribution >= 4 is 32.8 Å². The topological polar surface area (TPSA) is 35.9 Å². The molecule has 0 aliphatic rings. The van der Waals surface area contributed by atoms with Crippen LogP contribution in [0.5, 0.6) is 11.5 Å². The maximum absolute atomic E-state index is 9.54. The Balaban J connectivity index is 1.06. The lowest BCUT2D eigenvalue weighted by atomic mass is 9.84. The van der Waals surface area contributed by atoms with E-state index in [-0.39, 0.29) is 84.2 Å². The molecular formula is C71H54N4O. The fourth-order valence-electron chi connectivity index (χ4n) is 9.61. The van der Waals surface area contributed by atoms with Gasteiger partial charge in [-0.05, 0) is 134 Å². The van der Waals surface area contributed by atoms with Crippen molar-refractivity contribution in [3.8, 4) is 84.3 Å². The predicted octanol–water partition coefficient (Wildman–Crippen LogP) is 17.9. The number of para-hydroxylation sites is 1. The van der Waals surface area contributed by atoms with Crippen LogP contribution in [0.1, 0.15) is 63.4 Å². The molecular weight excluding hydrogens is 925 g/mol. The molecule has 3 aromatic heterocycles. The molecule has 0 saturated carbocycles. The second-order valence-corrected chi connectivity index (χ2v) is 18.9. The van der Waals surface area contributed by atoms with Gasteiger partial charge in [0.25, 0.3) is 6.33 Å². The zero-order chi connectivity index (χ0) is 71.2. The molecule has 3 heterocycles. The van der Waals surface area contributed by atoms with E-state index in [1.54, 1.807) is 86.5 Å². The number of hydrogen-bond donors (Lipinski definition) is 0. The zero-order valence-corrected chi connectivity index (χ0v) is 40.9. The first-order valence-electron chi connectivity index (χ1n) is 35.6. The normalized spacial score (nSPS) is 16.1. The van der Waals surface area contributed by atoms with Crippen molar-refractivity contribution in [1.82, 2.24) is 14.1 Å². The summed E-state index contributed by atoms with van der Waals surface area (Å²) in [5.41, 5.74) is 1.96. The average Bonchev–Trinajstić information content (AvgIpc) is 1.70. The number of benzene rings is 10. The van der Waals surface area contributed by atoms with Crippen LogP contribution in [0.25, 0.3) is 106 Å². The minimum Gasteiger partial charge on any atom is -0.458 e. The smallest absolute Gasteiger partial charge is 0.269 e. The van der Waals surface area contributed by atoms with Gasteiger partial charge in [-0.2, -0.15) is 0 Å². The van der Waals surface area contributed by atoms with E-state index < -0.39 is 133 Å². The van der Waals surface area contributed by atoms with Crippen molar-refractivity contribution in [2.24, 2.45) is 0 Å². The van der Waals surface area contributed by atoms with Crippen molar-refractivity contribution in [2.45, 2.75) is 33.0 Å². The van der Waals surface area contributed by atoms with E-state index in [2.05, 4.69) is 6.33 Å². The van der Waals surface area contributed by atoms with Gasteiger partial charge in [0.2, 0.25) is 0 Å². The van der Waals surface area contributed by atoms with Crippen LogP contribution < -0.4 is 9.30 Å². The monoisotopic (exact) mass is 1000 g/mol. The number of aryl methyl sites for hydroxylation is 1. The molecule has 13 rings (SSSR count). The van der Waals surface area contributed by atoms with Gasteiger partial charge in [0, 0.05) is 32.7 Å². The van der Waals surface area contributed by atoms with Gasteiger partial charge >= 0.3 is 0 Å². The molecule has 0 spiro atoms. The number of fused-ring (bicyclic) bond motifs is 4. The Morgan fingerprint density at radius 1 is 0.500 bits per heavy atom. The standard InChI is InChI=1S/C71H54N4O/c1-48-39-69(72-46-64(48)52-27-15-8-16-28-52)75-65-34-18-17-33-60(65)61-37-36-59(45-67(61)75)76-58-32-20-31-57(44-58)73-47-74(66-38-35-53(43-68(66)73)49-21-9-5-10-22-49)70-62(51-25-13-7-14-26-51)41-55(50-23-11-6-12-24-50)42-63(70)54-29-19-30-56(40-54)71(2,3)4/h5-46H,1-4H3/i1D3,5D,6D,7D,8D,9D,10D,11D,12D,13D,14D,15D,16D,21D,22D,23D,24D,25D,26D,27D,28D. The summed E-state index contributed by atoms with van der Waals surface area (Å²) >= 11 is 0. The van der Waals surface area contributed by atoms with Crippen LogP contribution in [0.15, 0.2) is 254 Å². The van der Waals surface area contributed by atoms with Gasteiger partial charge in [-0.15, -0.1) is 0 Å². The second-order valence-electron chi connectivity index (χ2n) is 18.9. The maximum Gasteiger partial charge on any atom is 0.269 e. The van der Waals surface area contributed by atoms with Crippen LogP contribution in [0.4, 0.5) is 0 Å². The summed E-state index contributed by atoms with van der Waals surface area (Å²) in [4.78, 5) is 4.71. The second kappa shape index (κ2) is 19.0. The van der Waals surface area contributed by atoms with Gasteiger partial charge in [0.15, 0.2) is 0 Å². The van der Waals surface area contributed by atoms with Crippen molar-refractivity contribution in [1.29, 1.82) is 0 Å². The van der Waals surface area contributed by atoms with Gasteiger partial charge in [0.1, 0.15) is 17.3 Å². The summed E-state index contributed by atoms with van der Waals surface area (Å²) in [6.45, 7) is 3.14. The number of rotatable bonds is 10. The van der Waals surface area contributed by atoms with E-state index in [9.17, 15) is 5.48 Å². The van der Waals surface area contributed by atoms with Gasteiger partial charge in [-0.3, -0.25) is 13.7 Å². The van der Waals surface area contributed by atoms with Crippen LogP contribution in [-0.4, -0.2) is 14.1 Å². The summed E-state index contributed by atoms with van der Waals surface area (Å²) in [6, 6.07) is 23.6. The van der Waals surface area contributed by atoms with Crippen LogP contribution >= 0.6 is 0 Å². The van der Waals surface area contributed by atoms with Gasteiger partial charge in [0.05, 0.1) is 60.9 Å². The molecule has 13 aromatic rings. The quantitative estimate of drug-likeness (QED) is 0.101. The summed E-state index contributed by atoms with van der Waals surface area (Å²) < 4.78 is 214. The Kier molecular flexibility index (Phi) is 6.92. The van der Waals surface area contributed by atoms with E-state index in [0.29, 0.717) is 33.2 Å². The lowest BCUT2D eigenvalue weighted by Gasteiger charge is -2.23. The molecule has 0 N–H and O–H groups in total. The van der Waals surface area contributed by atoms with Crippen LogP contribution in [0, 0.1) is 13.2 Å². The summed E-state index contributed by atoms with van der Waals surface area (Å²) in [7, 11) is 0. The first-order valence-corrected chi connectivity index (χ1v) is 24.1. The van der Waals surface area contributed by atoms with Crippen molar-refractivity contribution in [2.75, 3.05) is 0 Å². The SMILES string of the molecule is [2H]c1c([2H])c([2H])c(-c2cc(-c3cccc(C(C)(C)C)c3)c(-[n+]3[c-]n(-c4cccc(Oc5ccc6c7ccccc7n(-c7cc(C([2H])([2H])[2H])c(-c8c([2H])c([2H])c([2H])c([2H])c8[2H])cn7)c6c5)c4)c4cc(-c5c([2H])c([2H])c([2H])c([2H])c5[2H])ccc43)c(-c3c([2H])c([2H])c([2H])c([2H])c3[2H])c2)c([2H])c1[2H]. The number of imidazole rings is 1. The summed E-state index contributed by atoms with van der Waals surface area (Å²) in [6.07, 6.45) is 4.68. The number of hydrogen-bond acceptors (Lipinski definition) is 2. The molecule has 76 heavy (non-hydrogen) atoms. The number of ether oxygens (including phenoxy) is 1. The zero-order valence-electron chi connectivity index (χ0n) is 63.9. The largest absolute Gasteiger partial charge is 0.458 e. The third-order valence-corrected chi connectivity index (χ3v) is 13.2. The first kappa shape index (κ1) is 27.6. The minimum atomic E-state index is -2.87. The lowest BCUT2D eigenvalue weighted by Crippen LogP contribution is -2.31. The van der Waals surface area contributed by atoms with Crippen molar-refractivity contribution in [3.63, 3.8) is 0 Å². The molecule has 5 nitrogen and oxygen atoms in total. The Morgan fingerprint density at radius 2 is 1.13 bits per heavy atom. The number of aromatic nitrogens is 4. The van der Waals surface area contributed by atoms with Crippen molar-refractivity contribution < 1.29 is 40.8 Å². The summed E-state index contributed by atoms with van der Waals surface area (Å²) in [5.74, 6) is 0.642. The molecule has 364 valence electrons. The van der Waals surface area contributed by atoms with E-state index in [0.717, 1.165) is 10.9 Å². The molecule has 0 bridgehead atoms. The van der Waals surface area contributed by atoms with Crippen LogP contribution in [0.2, 0.25) is 0 Å². The molecule has 0 radical (unpaired) electrons. The predicted molar refractivity (Wildman–Crippen MR) is 313 cm³/mol. The number of nitrogens with zero attached hydrogens (tertiary/aromatic N) is 4. The molecule has 0 fully saturated rings. The van der Waals surface area contributed by atoms with E-state index in [1.165, 1.54) is 18.3 Å². The highest BCUT2D eigenvalue weighted by Crippen LogP contribution is 2.41. The molecule has 0 saturated heterocycles. The van der Waals surface area contributed by atoms with Gasteiger partial charge in [-0.1, -0.05) is 202 Å². The average molecular weight is 1000 g/mol. The van der Waals surface area contributed by atoms with Gasteiger partial charge in [-0.25, -0.2) is 4.98 Å². The fourth-order valence-corrected chi connectivity index (χ4v) is 9.61. The highest BCUT2D eigenvalue weighted by Gasteiger charge is 2.24. The summed E-state index contributed by atoms with van der Waals surface area (Å²) in [5, 5.41) is 1.46. The van der Waals surface area contributed by atoms with E-state index in [1.807, 2.05) is 63.2 Å². The Labute approximate surface area is 476 Å². The highest BCUT2D eigenvalue weighted by atomic mass is 16.5. The third-order valence-electron chi connectivity index (χ3n) is 13.2. The highest BCUT2D eigenvalue weighted by molar-refractivity contribution is 6.09. The minimum absolute atomic E-state index is 0.0339. The lowest BCUT2D eigenvalue weighted by molar-refractivity contribution is -0.571. The number of pyridine rings is 1. The molecule has 0 amide bonds. The van der Waals surface area contributed by atoms with Crippen LogP contribution in [-0.2, 0) is 5.41 Å². The van der Waals surface area contributed by atoms with E-state index in [4.69, 9.17) is 35.8 Å². The molecule has 10 aromatic carbocycles. The molecule has 0 atom stereocenters. The first-order chi connectivity index (χ1) is 46.7. The fraction of sp³-hybridized carbons (Fsp3) is 0.0704. The molecule has 0 aliphatic heterocycles. The Bertz CT molecular complexity index is 5540. The maximum atomic E-state index is 9.54.